The molecule has 0 bridgehead atoms. The van der Waals surface area contributed by atoms with Gasteiger partial charge in [-0.2, -0.15) is 0 Å². The zero-order valence-corrected chi connectivity index (χ0v) is 10.7. The van der Waals surface area contributed by atoms with E-state index in [4.69, 9.17) is 0 Å². The van der Waals surface area contributed by atoms with Crippen LogP contribution in [0.4, 0.5) is 0 Å². The summed E-state index contributed by atoms with van der Waals surface area (Å²) >= 11 is 0. The molecule has 0 saturated heterocycles. The van der Waals surface area contributed by atoms with E-state index in [1.165, 1.54) is 0 Å². The largest absolute Gasteiger partial charge is 0.412 e. The Kier molecular flexibility index (Phi) is 163. The molecule has 4 radical (unpaired) electrons. The van der Waals surface area contributed by atoms with E-state index in [2.05, 4.69) is 0 Å². The molecule has 0 aromatic rings. The second-order valence-corrected chi connectivity index (χ2v) is 0. The average Bonchev–Trinajstić information content (AvgIpc) is 0. The molecule has 0 heterocycles. The summed E-state index contributed by atoms with van der Waals surface area (Å²) in [4.78, 5) is 0. The van der Waals surface area contributed by atoms with Gasteiger partial charge in [0.25, 0.3) is 0 Å². The fraction of sp³-hybridized carbons (Fsp3) is 0. The molecule has 20 valence electrons. The van der Waals surface area contributed by atoms with Crippen LogP contribution in [-0.4, -0.2) is 31.7 Å². The molecular weight excluding hydrogens is 383 g/mol. The summed E-state index contributed by atoms with van der Waals surface area (Å²) in [7, 11) is 0. The van der Waals surface area contributed by atoms with Gasteiger partial charge in [0.1, 0.15) is 0 Å². The third kappa shape index (κ3) is 8.88. The van der Waals surface area contributed by atoms with Crippen LogP contribution in [0.15, 0.2) is 0 Å². The van der Waals surface area contributed by atoms with Crippen LogP contribution in [0.3, 0.4) is 0 Å². The van der Waals surface area contributed by atoms with Crippen LogP contribution in [0.1, 0.15) is 0 Å². The fourth-order valence-corrected chi connectivity index (χ4v) is 0. The molecule has 4 heteroatoms. The Balaban J connectivity index is 0. The number of hydrogen-bond donors (Lipinski definition) is 0. The molecule has 0 spiro atoms. The molecule has 0 aromatic carbocycles. The first kappa shape index (κ1) is 34.6. The van der Waals surface area contributed by atoms with Gasteiger partial charge in [-0.05, 0) is 0 Å². The van der Waals surface area contributed by atoms with Gasteiger partial charge in [0, 0.05) is 68.1 Å². The molecule has 1 nitrogen and oxygen atoms in total. The molecule has 0 unspecified atom stereocenters. The van der Waals surface area contributed by atoms with E-state index < -0.39 is 0 Å². The Hall–Kier alpha value is 2.21. The van der Waals surface area contributed by atoms with E-state index in [0.29, 0.717) is 0 Å². The molecular formula is H2BiNbOZn. The maximum atomic E-state index is 0. The Labute approximate surface area is 72.6 Å². The summed E-state index contributed by atoms with van der Waals surface area (Å²) in [6.45, 7) is 0. The molecule has 0 aromatic heterocycles. The first-order valence-electron chi connectivity index (χ1n) is 0. The molecule has 4 heavy (non-hydrogen) atoms. The van der Waals surface area contributed by atoms with Crippen molar-refractivity contribution in [3.8, 4) is 0 Å². The van der Waals surface area contributed by atoms with Crippen molar-refractivity contribution in [2.75, 3.05) is 0 Å². The van der Waals surface area contributed by atoms with Crippen LogP contribution in [0.5, 0.6) is 0 Å². The zero-order chi connectivity index (χ0) is 0. The van der Waals surface area contributed by atoms with Crippen molar-refractivity contribution in [2.45, 2.75) is 0 Å². The van der Waals surface area contributed by atoms with Gasteiger partial charge in [-0.25, -0.2) is 0 Å². The molecule has 0 aliphatic carbocycles. The minimum Gasteiger partial charge on any atom is -0.412 e. The summed E-state index contributed by atoms with van der Waals surface area (Å²) in [6.07, 6.45) is 0. The molecule has 0 aliphatic rings. The third-order valence-electron chi connectivity index (χ3n) is 0. The summed E-state index contributed by atoms with van der Waals surface area (Å²) in [6, 6.07) is 0. The second kappa shape index (κ2) is 18.9. The smallest absolute Gasteiger partial charge is 0 e. The van der Waals surface area contributed by atoms with Gasteiger partial charge in [-0.3, -0.25) is 0 Å². The fourth-order valence-electron chi connectivity index (χ4n) is 0. The van der Waals surface area contributed by atoms with Crippen LogP contribution < -0.4 is 0 Å². The SMILES string of the molecule is O.[Bi].[Nb].[Zn]. The van der Waals surface area contributed by atoms with Crippen LogP contribution in [0, 0.1) is 0 Å². The predicted molar refractivity (Wildman–Crippen MR) is 9.37 cm³/mol. The summed E-state index contributed by atoms with van der Waals surface area (Å²) < 4.78 is 0. The Morgan fingerprint density at radius 1 is 1.00 bits per heavy atom. The van der Waals surface area contributed by atoms with Gasteiger partial charge >= 0.3 is 0 Å². The molecule has 0 rings (SSSR count). The molecule has 0 amide bonds. The Morgan fingerprint density at radius 3 is 1.00 bits per heavy atom. The van der Waals surface area contributed by atoms with Crippen LogP contribution in [0.25, 0.3) is 0 Å². The second-order valence-electron chi connectivity index (χ2n) is 0. The van der Waals surface area contributed by atoms with Crippen molar-refractivity contribution in [1.29, 1.82) is 0 Å². The van der Waals surface area contributed by atoms with Gasteiger partial charge in [0.2, 0.25) is 0 Å². The zero-order valence-electron chi connectivity index (χ0n) is 2.10. The minimum absolute atomic E-state index is 0. The average molecular weight is 385 g/mol. The topological polar surface area (TPSA) is 31.5 Å². The van der Waals surface area contributed by atoms with E-state index in [0.717, 1.165) is 0 Å². The first-order chi connectivity index (χ1) is 0. The van der Waals surface area contributed by atoms with Crippen molar-refractivity contribution in [2.24, 2.45) is 0 Å². The van der Waals surface area contributed by atoms with Crippen LogP contribution >= 0.6 is 0 Å². The number of rotatable bonds is 0. The van der Waals surface area contributed by atoms with Crippen molar-refractivity contribution in [3.05, 3.63) is 0 Å². The van der Waals surface area contributed by atoms with E-state index >= 15 is 0 Å². The Bertz CT molecular complexity index is 8.00. The van der Waals surface area contributed by atoms with Crippen LogP contribution in [0.2, 0.25) is 0 Å². The Morgan fingerprint density at radius 2 is 1.00 bits per heavy atom. The number of hydrogen-bond acceptors (Lipinski definition) is 0. The van der Waals surface area contributed by atoms with E-state index in [1.807, 2.05) is 0 Å². The van der Waals surface area contributed by atoms with Crippen LogP contribution in [-0.2, 0) is 41.9 Å². The van der Waals surface area contributed by atoms with Crippen molar-refractivity contribution < 1.29 is 47.3 Å². The van der Waals surface area contributed by atoms with E-state index in [-0.39, 0.29) is 73.5 Å². The van der Waals surface area contributed by atoms with Gasteiger partial charge in [-0.15, -0.1) is 0 Å². The monoisotopic (exact) mass is 384 g/mol. The quantitative estimate of drug-likeness (QED) is 0.469. The van der Waals surface area contributed by atoms with E-state index in [1.54, 1.807) is 0 Å². The molecule has 0 atom stereocenters. The summed E-state index contributed by atoms with van der Waals surface area (Å²) in [5.74, 6) is 0. The van der Waals surface area contributed by atoms with Gasteiger partial charge in [0.05, 0.1) is 0 Å². The standard InChI is InChI=1S/Bi.Nb.H2O.Zn/h;;1H2;. The predicted octanol–water partition coefficient (Wildman–Crippen LogP) is -1.21. The summed E-state index contributed by atoms with van der Waals surface area (Å²) in [5.41, 5.74) is 0. The molecule has 0 aliphatic heterocycles. The molecule has 0 saturated carbocycles. The third-order valence-corrected chi connectivity index (χ3v) is 0. The molecule has 0 fully saturated rings. The van der Waals surface area contributed by atoms with Crippen molar-refractivity contribution >= 4 is 26.2 Å². The van der Waals surface area contributed by atoms with Gasteiger partial charge in [0.15, 0.2) is 0 Å². The maximum Gasteiger partial charge on any atom is 0 e. The minimum atomic E-state index is 0. The van der Waals surface area contributed by atoms with Crippen molar-refractivity contribution in [1.82, 2.24) is 0 Å². The normalized spacial score (nSPS) is 0. The van der Waals surface area contributed by atoms with Crippen molar-refractivity contribution in [3.63, 3.8) is 0 Å². The van der Waals surface area contributed by atoms with E-state index in [9.17, 15) is 0 Å². The maximum absolute atomic E-state index is 0. The van der Waals surface area contributed by atoms with Gasteiger partial charge in [-0.1, -0.05) is 0 Å². The molecule has 2 N–H and O–H groups in total. The first-order valence-corrected chi connectivity index (χ1v) is 0. The summed E-state index contributed by atoms with van der Waals surface area (Å²) in [5, 5.41) is 0. The van der Waals surface area contributed by atoms with Gasteiger partial charge < -0.3 is 5.48 Å².